The fourth-order valence-electron chi connectivity index (χ4n) is 2.09. The Labute approximate surface area is 104 Å². The smallest absolute Gasteiger partial charge is 0.0366 e. The molecule has 88 valence electrons. The molecule has 0 bridgehead atoms. The van der Waals surface area contributed by atoms with Crippen molar-refractivity contribution in [2.24, 2.45) is 5.41 Å². The van der Waals surface area contributed by atoms with Crippen LogP contribution in [0.4, 0.5) is 5.69 Å². The van der Waals surface area contributed by atoms with Crippen molar-refractivity contribution in [3.05, 3.63) is 29.8 Å². The third-order valence-corrected chi connectivity index (χ3v) is 4.27. The molecule has 0 heterocycles. The van der Waals surface area contributed by atoms with E-state index < -0.39 is 0 Å². The van der Waals surface area contributed by atoms with Crippen molar-refractivity contribution in [2.45, 2.75) is 26.7 Å². The number of thiol groups is 1. The summed E-state index contributed by atoms with van der Waals surface area (Å²) in [6.45, 7) is 6.61. The van der Waals surface area contributed by atoms with Crippen molar-refractivity contribution in [2.75, 3.05) is 23.7 Å². The quantitative estimate of drug-likeness (QED) is 0.764. The molecule has 0 radical (unpaired) electrons. The second-order valence-corrected chi connectivity index (χ2v) is 5.32. The number of hydrogen-bond acceptors (Lipinski definition) is 2. The summed E-state index contributed by atoms with van der Waals surface area (Å²) in [6, 6.07) is 8.84. The van der Waals surface area contributed by atoms with Gasteiger partial charge in [-0.15, -0.1) is 0 Å². The molecule has 1 nitrogen and oxygen atoms in total. The molecule has 0 aliphatic heterocycles. The number of nitrogens with zero attached hydrogens (tertiary/aromatic N) is 1. The lowest BCUT2D eigenvalue weighted by Crippen LogP contribution is -2.31. The summed E-state index contributed by atoms with van der Waals surface area (Å²) in [5.41, 5.74) is 3.18. The van der Waals surface area contributed by atoms with Crippen molar-refractivity contribution in [3.8, 4) is 0 Å². The van der Waals surface area contributed by atoms with Gasteiger partial charge < -0.3 is 4.90 Å². The largest absolute Gasteiger partial charge is 0.371 e. The van der Waals surface area contributed by atoms with E-state index >= 15 is 0 Å². The molecule has 1 aliphatic carbocycles. The molecule has 0 saturated heterocycles. The Bertz CT molecular complexity index is 340. The lowest BCUT2D eigenvalue weighted by molar-refractivity contribution is 0.566. The average molecular weight is 235 g/mol. The molecule has 0 aromatic heterocycles. The third-order valence-electron chi connectivity index (χ3n) is 3.60. The predicted octanol–water partition coefficient (Wildman–Crippen LogP) is 3.53. The molecule has 0 unspecified atom stereocenters. The van der Waals surface area contributed by atoms with Crippen LogP contribution in [0.15, 0.2) is 24.3 Å². The van der Waals surface area contributed by atoms with Crippen LogP contribution < -0.4 is 4.90 Å². The van der Waals surface area contributed by atoms with Crippen molar-refractivity contribution in [1.29, 1.82) is 0 Å². The molecule has 16 heavy (non-hydrogen) atoms. The van der Waals surface area contributed by atoms with E-state index in [9.17, 15) is 0 Å². The van der Waals surface area contributed by atoms with Crippen LogP contribution in [0.2, 0.25) is 0 Å². The van der Waals surface area contributed by atoms with Crippen LogP contribution in [0.1, 0.15) is 25.3 Å². The minimum atomic E-state index is 0.504. The maximum Gasteiger partial charge on any atom is 0.0366 e. The molecule has 1 aliphatic rings. The highest BCUT2D eigenvalue weighted by Crippen LogP contribution is 2.47. The average Bonchev–Trinajstić information content (AvgIpc) is 3.08. The first-order valence-electron chi connectivity index (χ1n) is 6.11. The zero-order chi connectivity index (χ0) is 11.6. The van der Waals surface area contributed by atoms with E-state index in [-0.39, 0.29) is 0 Å². The lowest BCUT2D eigenvalue weighted by Gasteiger charge is -2.27. The zero-order valence-electron chi connectivity index (χ0n) is 10.2. The van der Waals surface area contributed by atoms with Crippen molar-refractivity contribution in [3.63, 3.8) is 0 Å². The van der Waals surface area contributed by atoms with E-state index in [0.29, 0.717) is 5.41 Å². The molecule has 1 aromatic carbocycles. The predicted molar refractivity (Wildman–Crippen MR) is 74.6 cm³/mol. The summed E-state index contributed by atoms with van der Waals surface area (Å²) in [5.74, 6) is 1.02. The third kappa shape index (κ3) is 2.54. The van der Waals surface area contributed by atoms with Crippen LogP contribution in [0.25, 0.3) is 0 Å². The summed E-state index contributed by atoms with van der Waals surface area (Å²) in [5, 5.41) is 0. The second-order valence-electron chi connectivity index (χ2n) is 5.01. The zero-order valence-corrected chi connectivity index (χ0v) is 11.1. The Morgan fingerprint density at radius 2 is 1.88 bits per heavy atom. The minimum Gasteiger partial charge on any atom is -0.371 e. The monoisotopic (exact) mass is 235 g/mol. The van der Waals surface area contributed by atoms with E-state index in [0.717, 1.165) is 18.8 Å². The maximum atomic E-state index is 4.48. The number of anilines is 1. The Morgan fingerprint density at radius 3 is 2.31 bits per heavy atom. The first-order valence-corrected chi connectivity index (χ1v) is 6.75. The first kappa shape index (κ1) is 11.8. The molecule has 0 amide bonds. The Hall–Kier alpha value is -0.630. The van der Waals surface area contributed by atoms with Crippen LogP contribution in [-0.4, -0.2) is 18.8 Å². The van der Waals surface area contributed by atoms with E-state index in [4.69, 9.17) is 0 Å². The molecule has 0 atom stereocenters. The molecule has 0 spiro atoms. The SMILES string of the molecule is CCN(CC1(CS)CC1)c1ccc(C)cc1. The van der Waals surface area contributed by atoms with Gasteiger partial charge in [0.2, 0.25) is 0 Å². The summed E-state index contributed by atoms with van der Waals surface area (Å²) < 4.78 is 0. The Kier molecular flexibility index (Phi) is 3.48. The summed E-state index contributed by atoms with van der Waals surface area (Å²) in [4.78, 5) is 2.47. The number of hydrogen-bond donors (Lipinski definition) is 1. The van der Waals surface area contributed by atoms with E-state index in [1.54, 1.807) is 0 Å². The fraction of sp³-hybridized carbons (Fsp3) is 0.571. The van der Waals surface area contributed by atoms with E-state index in [1.807, 2.05) is 0 Å². The number of aryl methyl sites for hydroxylation is 1. The van der Waals surface area contributed by atoms with Gasteiger partial charge in [-0.1, -0.05) is 17.7 Å². The Balaban J connectivity index is 2.07. The van der Waals surface area contributed by atoms with Gasteiger partial charge in [0.15, 0.2) is 0 Å². The molecule has 1 saturated carbocycles. The van der Waals surface area contributed by atoms with Crippen molar-refractivity contribution >= 4 is 18.3 Å². The lowest BCUT2D eigenvalue weighted by atomic mass is 10.1. The molecule has 2 heteroatoms. The van der Waals surface area contributed by atoms with Gasteiger partial charge in [-0.25, -0.2) is 0 Å². The fourth-order valence-corrected chi connectivity index (χ4v) is 2.51. The van der Waals surface area contributed by atoms with E-state index in [2.05, 4.69) is 55.6 Å². The molecule has 1 fully saturated rings. The molecule has 0 N–H and O–H groups in total. The van der Waals surface area contributed by atoms with Gasteiger partial charge in [0, 0.05) is 18.8 Å². The van der Waals surface area contributed by atoms with Crippen molar-refractivity contribution < 1.29 is 0 Å². The van der Waals surface area contributed by atoms with Crippen LogP contribution in [-0.2, 0) is 0 Å². The van der Waals surface area contributed by atoms with E-state index in [1.165, 1.54) is 24.1 Å². The van der Waals surface area contributed by atoms with Crippen LogP contribution in [0, 0.1) is 12.3 Å². The number of benzene rings is 1. The summed E-state index contributed by atoms with van der Waals surface area (Å²) in [7, 11) is 0. The molecule has 1 aromatic rings. The summed E-state index contributed by atoms with van der Waals surface area (Å²) in [6.07, 6.45) is 2.69. The second kappa shape index (κ2) is 4.70. The highest BCUT2D eigenvalue weighted by atomic mass is 32.1. The topological polar surface area (TPSA) is 3.24 Å². The van der Waals surface area contributed by atoms with Gasteiger partial charge in [-0.2, -0.15) is 12.6 Å². The van der Waals surface area contributed by atoms with Crippen LogP contribution in [0.3, 0.4) is 0 Å². The van der Waals surface area contributed by atoms with Gasteiger partial charge >= 0.3 is 0 Å². The van der Waals surface area contributed by atoms with Crippen LogP contribution >= 0.6 is 12.6 Å². The minimum absolute atomic E-state index is 0.504. The normalized spacial score (nSPS) is 17.2. The highest BCUT2D eigenvalue weighted by Gasteiger charge is 2.42. The molecule has 2 rings (SSSR count). The maximum absolute atomic E-state index is 4.48. The van der Waals surface area contributed by atoms with Gasteiger partial charge in [0.05, 0.1) is 0 Å². The van der Waals surface area contributed by atoms with Gasteiger partial charge in [-0.05, 0) is 50.0 Å². The highest BCUT2D eigenvalue weighted by molar-refractivity contribution is 7.80. The summed E-state index contributed by atoms with van der Waals surface area (Å²) >= 11 is 4.48. The number of rotatable bonds is 5. The van der Waals surface area contributed by atoms with Gasteiger partial charge in [0.1, 0.15) is 0 Å². The van der Waals surface area contributed by atoms with Crippen molar-refractivity contribution in [1.82, 2.24) is 0 Å². The van der Waals surface area contributed by atoms with Crippen LogP contribution in [0.5, 0.6) is 0 Å². The Morgan fingerprint density at radius 1 is 1.25 bits per heavy atom. The molecular formula is C14H21NS. The van der Waals surface area contributed by atoms with Gasteiger partial charge in [0.25, 0.3) is 0 Å². The molecular weight excluding hydrogens is 214 g/mol. The van der Waals surface area contributed by atoms with Gasteiger partial charge in [-0.3, -0.25) is 0 Å². The first-order chi connectivity index (χ1) is 7.69. The standard InChI is InChI=1S/C14H21NS/c1-3-15(10-14(11-16)8-9-14)13-6-4-12(2)5-7-13/h4-7,16H,3,8-11H2,1-2H3.